The van der Waals surface area contributed by atoms with Gasteiger partial charge >= 0.3 is 0 Å². The summed E-state index contributed by atoms with van der Waals surface area (Å²) < 4.78 is 16.2. The fraction of sp³-hybridized carbons (Fsp3) is 0.333. The van der Waals surface area contributed by atoms with Crippen molar-refractivity contribution in [2.24, 2.45) is 0 Å². The van der Waals surface area contributed by atoms with Crippen molar-refractivity contribution in [2.75, 3.05) is 38.0 Å². The van der Waals surface area contributed by atoms with Gasteiger partial charge in [0.1, 0.15) is 11.5 Å². The number of likely N-dealkylation sites (N-methyl/N-ethyl adjacent to an activating group) is 1. The molecule has 0 unspecified atom stereocenters. The molecule has 0 atom stereocenters. The van der Waals surface area contributed by atoms with E-state index in [1.165, 1.54) is 17.7 Å². The molecule has 7 heteroatoms. The maximum atomic E-state index is 14.2. The van der Waals surface area contributed by atoms with E-state index in [9.17, 15) is 14.0 Å². The number of amides is 2. The summed E-state index contributed by atoms with van der Waals surface area (Å²) in [5, 5.41) is 3.65. The van der Waals surface area contributed by atoms with E-state index in [4.69, 9.17) is 0 Å². The van der Waals surface area contributed by atoms with E-state index in [-0.39, 0.29) is 16.9 Å². The molecule has 1 fully saturated rings. The molecule has 2 amide bonds. The van der Waals surface area contributed by atoms with Gasteiger partial charge in [0, 0.05) is 49.3 Å². The molecule has 4 aromatic rings. The van der Waals surface area contributed by atoms with Gasteiger partial charge < -0.3 is 19.7 Å². The number of nitrogens with one attached hydrogen (secondary N) is 1. The van der Waals surface area contributed by atoms with Crippen LogP contribution in [0.1, 0.15) is 59.7 Å². The lowest BCUT2D eigenvalue weighted by Gasteiger charge is -2.34. The Morgan fingerprint density at radius 1 is 0.900 bits per heavy atom. The maximum Gasteiger partial charge on any atom is 0.270 e. The normalized spacial score (nSPS) is 14.5. The van der Waals surface area contributed by atoms with Gasteiger partial charge in [-0.2, -0.15) is 0 Å². The van der Waals surface area contributed by atoms with Crippen LogP contribution in [0.4, 0.5) is 10.1 Å². The first-order valence-electron chi connectivity index (χ1n) is 13.9. The van der Waals surface area contributed by atoms with Crippen LogP contribution in [-0.2, 0) is 12.0 Å². The Morgan fingerprint density at radius 2 is 1.60 bits per heavy atom. The standard InChI is InChI=1S/C33H37FN4O2/c1-5-36-16-18-37(19-17-36)32(40)30-21-24-20-26(35-31(39)27-8-6-7-9-28(27)34)14-15-29(24)38(30)22-23-10-12-25(13-11-23)33(2,3)4/h6-15,20-21H,5,16-19,22H2,1-4H3,(H,35,39). The van der Waals surface area contributed by atoms with Gasteiger partial charge in [-0.3, -0.25) is 9.59 Å². The fourth-order valence-electron chi connectivity index (χ4n) is 5.26. The zero-order valence-electron chi connectivity index (χ0n) is 23.7. The summed E-state index contributed by atoms with van der Waals surface area (Å²) in [6, 6.07) is 22.0. The lowest BCUT2D eigenvalue weighted by Crippen LogP contribution is -2.48. The molecule has 1 N–H and O–H groups in total. The molecule has 1 saturated heterocycles. The third-order valence-corrected chi connectivity index (χ3v) is 7.76. The quantitative estimate of drug-likeness (QED) is 0.319. The SMILES string of the molecule is CCN1CCN(C(=O)c2cc3cc(NC(=O)c4ccccc4F)ccc3n2Cc2ccc(C(C)(C)C)cc2)CC1. The Labute approximate surface area is 235 Å². The molecule has 1 aliphatic heterocycles. The minimum absolute atomic E-state index is 0.00945. The second-order valence-electron chi connectivity index (χ2n) is 11.5. The van der Waals surface area contributed by atoms with Crippen molar-refractivity contribution in [3.8, 4) is 0 Å². The van der Waals surface area contributed by atoms with Crippen molar-refractivity contribution in [1.82, 2.24) is 14.4 Å². The summed E-state index contributed by atoms with van der Waals surface area (Å²) in [6.45, 7) is 13.4. The first kappa shape index (κ1) is 27.6. The van der Waals surface area contributed by atoms with Crippen molar-refractivity contribution < 1.29 is 14.0 Å². The Kier molecular flexibility index (Phi) is 7.76. The van der Waals surface area contributed by atoms with Gasteiger partial charge in [0.2, 0.25) is 0 Å². The van der Waals surface area contributed by atoms with Crippen molar-refractivity contribution in [1.29, 1.82) is 0 Å². The number of rotatable bonds is 6. The summed E-state index contributed by atoms with van der Waals surface area (Å²) in [4.78, 5) is 30.8. The van der Waals surface area contributed by atoms with Gasteiger partial charge in [-0.1, -0.05) is 64.1 Å². The second kappa shape index (κ2) is 11.3. The molecular formula is C33H37FN4O2. The summed E-state index contributed by atoms with van der Waals surface area (Å²) in [6.07, 6.45) is 0. The molecular weight excluding hydrogens is 503 g/mol. The molecule has 1 aromatic heterocycles. The number of anilines is 1. The number of aromatic nitrogens is 1. The smallest absolute Gasteiger partial charge is 0.270 e. The largest absolute Gasteiger partial charge is 0.335 e. The van der Waals surface area contributed by atoms with Crippen LogP contribution in [0.3, 0.4) is 0 Å². The second-order valence-corrected chi connectivity index (χ2v) is 11.5. The van der Waals surface area contributed by atoms with Crippen LogP contribution in [0.15, 0.2) is 72.8 Å². The summed E-state index contributed by atoms with van der Waals surface area (Å²) in [5.74, 6) is -1.07. The van der Waals surface area contributed by atoms with Crippen LogP contribution in [0.5, 0.6) is 0 Å². The molecule has 0 saturated carbocycles. The fourth-order valence-corrected chi connectivity index (χ4v) is 5.26. The third-order valence-electron chi connectivity index (χ3n) is 7.76. The predicted molar refractivity (Wildman–Crippen MR) is 159 cm³/mol. The molecule has 0 bridgehead atoms. The van der Waals surface area contributed by atoms with Gasteiger partial charge in [-0.15, -0.1) is 0 Å². The summed E-state index contributed by atoms with van der Waals surface area (Å²) >= 11 is 0. The summed E-state index contributed by atoms with van der Waals surface area (Å²) in [5.41, 5.74) is 4.48. The van der Waals surface area contributed by atoms with Crippen LogP contribution >= 0.6 is 0 Å². The summed E-state index contributed by atoms with van der Waals surface area (Å²) in [7, 11) is 0. The number of benzene rings is 3. The van der Waals surface area contributed by atoms with Gasteiger partial charge in [0.15, 0.2) is 0 Å². The molecule has 2 heterocycles. The van der Waals surface area contributed by atoms with E-state index in [0.717, 1.165) is 36.1 Å². The highest BCUT2D eigenvalue weighted by Gasteiger charge is 2.25. The molecule has 0 spiro atoms. The molecule has 0 aliphatic carbocycles. The highest BCUT2D eigenvalue weighted by atomic mass is 19.1. The van der Waals surface area contributed by atoms with E-state index in [1.807, 2.05) is 23.1 Å². The van der Waals surface area contributed by atoms with Crippen molar-refractivity contribution in [2.45, 2.75) is 39.7 Å². The monoisotopic (exact) mass is 540 g/mol. The number of hydrogen-bond donors (Lipinski definition) is 1. The molecule has 208 valence electrons. The van der Waals surface area contributed by atoms with Gasteiger partial charge in [0.05, 0.1) is 5.56 Å². The highest BCUT2D eigenvalue weighted by Crippen LogP contribution is 2.28. The van der Waals surface area contributed by atoms with Gasteiger partial charge in [-0.05, 0) is 59.5 Å². The lowest BCUT2D eigenvalue weighted by molar-refractivity contribution is 0.0633. The van der Waals surface area contributed by atoms with Gasteiger partial charge in [-0.25, -0.2) is 4.39 Å². The molecule has 3 aromatic carbocycles. The Balaban J connectivity index is 1.48. The Hall–Kier alpha value is -3.97. The number of halogens is 1. The maximum absolute atomic E-state index is 14.2. The molecule has 6 nitrogen and oxygen atoms in total. The van der Waals surface area contributed by atoms with Crippen LogP contribution in [0, 0.1) is 5.82 Å². The topological polar surface area (TPSA) is 57.6 Å². The molecule has 1 aliphatic rings. The molecule has 40 heavy (non-hydrogen) atoms. The lowest BCUT2D eigenvalue weighted by atomic mass is 9.87. The van der Waals surface area contributed by atoms with Crippen LogP contribution < -0.4 is 5.32 Å². The first-order chi connectivity index (χ1) is 19.1. The van der Waals surface area contributed by atoms with E-state index in [0.29, 0.717) is 31.0 Å². The Morgan fingerprint density at radius 3 is 2.25 bits per heavy atom. The number of carbonyl (C=O) groups is 2. The molecule has 0 radical (unpaired) electrons. The van der Waals surface area contributed by atoms with E-state index in [2.05, 4.69) is 66.7 Å². The minimum atomic E-state index is -0.569. The number of piperazine rings is 1. The number of hydrogen-bond acceptors (Lipinski definition) is 3. The van der Waals surface area contributed by atoms with Crippen molar-refractivity contribution in [3.05, 3.63) is 101 Å². The van der Waals surface area contributed by atoms with E-state index >= 15 is 0 Å². The average Bonchev–Trinajstić information content (AvgIpc) is 3.30. The highest BCUT2D eigenvalue weighted by molar-refractivity contribution is 6.06. The van der Waals surface area contributed by atoms with Crippen molar-refractivity contribution in [3.63, 3.8) is 0 Å². The van der Waals surface area contributed by atoms with Crippen molar-refractivity contribution >= 4 is 28.4 Å². The predicted octanol–water partition coefficient (Wildman–Crippen LogP) is 6.16. The van der Waals surface area contributed by atoms with E-state index < -0.39 is 11.7 Å². The number of carbonyl (C=O) groups excluding carboxylic acids is 2. The number of fused-ring (bicyclic) bond motifs is 1. The third kappa shape index (κ3) is 5.80. The minimum Gasteiger partial charge on any atom is -0.335 e. The van der Waals surface area contributed by atoms with Crippen LogP contribution in [0.2, 0.25) is 0 Å². The molecule has 5 rings (SSSR count). The first-order valence-corrected chi connectivity index (χ1v) is 13.9. The zero-order chi connectivity index (χ0) is 28.4. The zero-order valence-corrected chi connectivity index (χ0v) is 23.7. The van der Waals surface area contributed by atoms with E-state index in [1.54, 1.807) is 18.2 Å². The van der Waals surface area contributed by atoms with Crippen LogP contribution in [-0.4, -0.2) is 58.9 Å². The van der Waals surface area contributed by atoms with Crippen LogP contribution in [0.25, 0.3) is 10.9 Å². The van der Waals surface area contributed by atoms with Gasteiger partial charge in [0.25, 0.3) is 11.8 Å². The Bertz CT molecular complexity index is 1530. The number of nitrogens with zero attached hydrogens (tertiary/aromatic N) is 3. The average molecular weight is 541 g/mol.